The minimum absolute atomic E-state index is 0.549. The van der Waals surface area contributed by atoms with Crippen LogP contribution in [0, 0.1) is 6.92 Å². The average Bonchev–Trinajstić information content (AvgIpc) is 3.18. The Kier molecular flexibility index (Phi) is 8.02. The number of alkyl halides is 3. The second-order valence-corrected chi connectivity index (χ2v) is 6.14. The number of fused-ring (bicyclic) bond motifs is 1. The highest BCUT2D eigenvalue weighted by molar-refractivity contribution is 5.73. The summed E-state index contributed by atoms with van der Waals surface area (Å²) in [4.78, 5) is 13.5. The number of carboxylic acid groups (broad SMARTS) is 1. The van der Waals surface area contributed by atoms with Crippen LogP contribution in [0.1, 0.15) is 12.5 Å². The first-order chi connectivity index (χ1) is 14.7. The number of carbonyl (C=O) groups is 1. The largest absolute Gasteiger partial charge is 0.494 e. The lowest BCUT2D eigenvalue weighted by Gasteiger charge is -2.15. The van der Waals surface area contributed by atoms with Gasteiger partial charge in [-0.05, 0) is 38.1 Å². The van der Waals surface area contributed by atoms with E-state index in [9.17, 15) is 13.2 Å². The molecule has 0 aliphatic carbocycles. The molecule has 0 spiro atoms. The molecular formula is C19H23F3N6O3. The molecule has 0 bridgehead atoms. The maximum Gasteiger partial charge on any atom is 0.490 e. The molecule has 0 unspecified atom stereocenters. The van der Waals surface area contributed by atoms with E-state index in [0.29, 0.717) is 19.7 Å². The summed E-state index contributed by atoms with van der Waals surface area (Å²) in [6.07, 6.45) is -3.35. The minimum Gasteiger partial charge on any atom is -0.494 e. The normalized spacial score (nSPS) is 10.9. The Hall–Kier alpha value is -3.54. The van der Waals surface area contributed by atoms with Gasteiger partial charge in [0.15, 0.2) is 5.65 Å². The highest BCUT2D eigenvalue weighted by Gasteiger charge is 2.38. The van der Waals surface area contributed by atoms with Crippen molar-refractivity contribution in [3.8, 4) is 5.75 Å². The zero-order chi connectivity index (χ0) is 23.0. The number of hydrogen-bond acceptors (Lipinski definition) is 7. The Labute approximate surface area is 176 Å². The average molecular weight is 440 g/mol. The highest BCUT2D eigenvalue weighted by Crippen LogP contribution is 2.27. The van der Waals surface area contributed by atoms with Gasteiger partial charge in [-0.1, -0.05) is 0 Å². The van der Waals surface area contributed by atoms with E-state index in [1.165, 1.54) is 0 Å². The number of anilines is 3. The van der Waals surface area contributed by atoms with E-state index in [1.807, 2.05) is 44.2 Å². The maximum absolute atomic E-state index is 10.6. The van der Waals surface area contributed by atoms with E-state index in [0.717, 1.165) is 34.3 Å². The van der Waals surface area contributed by atoms with Crippen molar-refractivity contribution in [3.63, 3.8) is 0 Å². The van der Waals surface area contributed by atoms with Gasteiger partial charge in [-0.2, -0.15) is 22.8 Å². The number of rotatable bonds is 7. The first-order valence-electron chi connectivity index (χ1n) is 9.25. The minimum atomic E-state index is -5.08. The van der Waals surface area contributed by atoms with Crippen molar-refractivity contribution in [2.75, 3.05) is 30.3 Å². The van der Waals surface area contributed by atoms with Crippen molar-refractivity contribution in [2.24, 2.45) is 5.73 Å². The van der Waals surface area contributed by atoms with Crippen LogP contribution in [0.25, 0.3) is 5.65 Å². The fourth-order valence-electron chi connectivity index (χ4n) is 2.47. The Bertz CT molecular complexity index is 1010. The summed E-state index contributed by atoms with van der Waals surface area (Å²) in [5, 5.41) is 18.2. The SMILES string of the molecule is CCOc1ccc(Nc2c(C)c(NCCN)nc3ccnn23)cc1.O=C(O)C(F)(F)F. The standard InChI is InChI=1S/C17H22N6O.C2HF3O2/c1-3-24-14-6-4-13(5-7-14)21-17-12(2)16(19-11-9-18)22-15-8-10-20-23(15)17;3-2(4,5)1(6)7/h4-8,10,21H,3,9,11,18H2,1-2H3,(H,19,22);(H,6,7). The van der Waals surface area contributed by atoms with Gasteiger partial charge in [-0.3, -0.25) is 0 Å². The molecule has 0 radical (unpaired) electrons. The molecule has 0 amide bonds. The Morgan fingerprint density at radius 2 is 1.90 bits per heavy atom. The van der Waals surface area contributed by atoms with Gasteiger partial charge in [0.1, 0.15) is 17.4 Å². The number of nitrogens with zero attached hydrogens (tertiary/aromatic N) is 3. The van der Waals surface area contributed by atoms with Crippen molar-refractivity contribution in [3.05, 3.63) is 42.1 Å². The number of ether oxygens (including phenoxy) is 1. The molecule has 3 aromatic rings. The summed E-state index contributed by atoms with van der Waals surface area (Å²) >= 11 is 0. The van der Waals surface area contributed by atoms with E-state index >= 15 is 0 Å². The van der Waals surface area contributed by atoms with Crippen molar-refractivity contribution >= 4 is 28.9 Å². The molecule has 9 nitrogen and oxygen atoms in total. The van der Waals surface area contributed by atoms with Gasteiger partial charge < -0.3 is 26.2 Å². The lowest BCUT2D eigenvalue weighted by molar-refractivity contribution is -0.192. The predicted octanol–water partition coefficient (Wildman–Crippen LogP) is 3.18. The van der Waals surface area contributed by atoms with Gasteiger partial charge in [0, 0.05) is 30.4 Å². The Morgan fingerprint density at radius 1 is 1.26 bits per heavy atom. The Balaban J connectivity index is 0.000000423. The summed E-state index contributed by atoms with van der Waals surface area (Å²) in [6, 6.07) is 9.71. The third kappa shape index (κ3) is 6.47. The van der Waals surface area contributed by atoms with Gasteiger partial charge in [0.25, 0.3) is 0 Å². The lowest BCUT2D eigenvalue weighted by atomic mass is 10.2. The van der Waals surface area contributed by atoms with Crippen LogP contribution >= 0.6 is 0 Å². The van der Waals surface area contributed by atoms with Crippen LogP contribution in [0.2, 0.25) is 0 Å². The van der Waals surface area contributed by atoms with Crippen molar-refractivity contribution in [1.29, 1.82) is 0 Å². The number of halogens is 3. The van der Waals surface area contributed by atoms with Crippen LogP contribution in [-0.2, 0) is 4.79 Å². The smallest absolute Gasteiger partial charge is 0.490 e. The van der Waals surface area contributed by atoms with Gasteiger partial charge in [-0.25, -0.2) is 9.78 Å². The molecular weight excluding hydrogens is 417 g/mol. The number of nitrogens with two attached hydrogens (primary N) is 1. The van der Waals surface area contributed by atoms with Crippen LogP contribution in [0.4, 0.5) is 30.5 Å². The fraction of sp³-hybridized carbons (Fsp3) is 0.316. The third-order valence-electron chi connectivity index (χ3n) is 3.88. The molecule has 0 saturated carbocycles. The predicted molar refractivity (Wildman–Crippen MR) is 110 cm³/mol. The second kappa shape index (κ2) is 10.5. The van der Waals surface area contributed by atoms with E-state index in [2.05, 4.69) is 20.7 Å². The van der Waals surface area contributed by atoms with Crippen molar-refractivity contribution in [1.82, 2.24) is 14.6 Å². The molecule has 2 heterocycles. The molecule has 31 heavy (non-hydrogen) atoms. The van der Waals surface area contributed by atoms with Crippen LogP contribution in [0.3, 0.4) is 0 Å². The van der Waals surface area contributed by atoms with Gasteiger partial charge >= 0.3 is 12.1 Å². The van der Waals surface area contributed by atoms with Gasteiger partial charge in [0.05, 0.1) is 12.8 Å². The molecule has 0 fully saturated rings. The van der Waals surface area contributed by atoms with Crippen LogP contribution in [-0.4, -0.2) is 51.5 Å². The van der Waals surface area contributed by atoms with Crippen molar-refractivity contribution < 1.29 is 27.8 Å². The number of carboxylic acids is 1. The summed E-state index contributed by atoms with van der Waals surface area (Å²) < 4.78 is 39.0. The van der Waals surface area contributed by atoms with E-state index in [1.54, 1.807) is 10.7 Å². The fourth-order valence-corrected chi connectivity index (χ4v) is 2.47. The molecule has 0 saturated heterocycles. The molecule has 3 rings (SSSR count). The zero-order valence-corrected chi connectivity index (χ0v) is 16.9. The number of nitrogens with one attached hydrogen (secondary N) is 2. The maximum atomic E-state index is 10.6. The number of hydrogen-bond donors (Lipinski definition) is 4. The summed E-state index contributed by atoms with van der Waals surface area (Å²) in [7, 11) is 0. The molecule has 12 heteroatoms. The first kappa shape index (κ1) is 23.7. The first-order valence-corrected chi connectivity index (χ1v) is 9.25. The van der Waals surface area contributed by atoms with Crippen LogP contribution in [0.15, 0.2) is 36.5 Å². The second-order valence-electron chi connectivity index (χ2n) is 6.14. The molecule has 168 valence electrons. The number of aromatic nitrogens is 3. The van der Waals surface area contributed by atoms with Gasteiger partial charge in [0.2, 0.25) is 0 Å². The lowest BCUT2D eigenvalue weighted by Crippen LogP contribution is -2.21. The van der Waals surface area contributed by atoms with Crippen molar-refractivity contribution in [2.45, 2.75) is 20.0 Å². The molecule has 0 aliphatic rings. The number of aliphatic carboxylic acids is 1. The monoisotopic (exact) mass is 440 g/mol. The van der Waals surface area contributed by atoms with E-state index in [-0.39, 0.29) is 0 Å². The van der Waals surface area contributed by atoms with E-state index < -0.39 is 12.1 Å². The molecule has 5 N–H and O–H groups in total. The molecule has 0 atom stereocenters. The van der Waals surface area contributed by atoms with Crippen LogP contribution < -0.4 is 21.1 Å². The van der Waals surface area contributed by atoms with E-state index in [4.69, 9.17) is 20.4 Å². The zero-order valence-electron chi connectivity index (χ0n) is 16.9. The molecule has 1 aromatic carbocycles. The summed E-state index contributed by atoms with van der Waals surface area (Å²) in [5.41, 5.74) is 8.29. The number of benzene rings is 1. The highest BCUT2D eigenvalue weighted by atomic mass is 19.4. The topological polar surface area (TPSA) is 127 Å². The molecule has 2 aromatic heterocycles. The molecule has 0 aliphatic heterocycles. The van der Waals surface area contributed by atoms with Crippen LogP contribution in [0.5, 0.6) is 5.75 Å². The summed E-state index contributed by atoms with van der Waals surface area (Å²) in [5.74, 6) is -0.230. The summed E-state index contributed by atoms with van der Waals surface area (Å²) in [6.45, 7) is 5.84. The quantitative estimate of drug-likeness (QED) is 0.441. The third-order valence-corrected chi connectivity index (χ3v) is 3.88. The Morgan fingerprint density at radius 3 is 2.45 bits per heavy atom. The van der Waals surface area contributed by atoms with Gasteiger partial charge in [-0.15, -0.1) is 0 Å².